The number of carbonyl (C=O) groups is 3. The number of Topliss-reactive ketones (excluding diaryl/α,β-unsaturated/α-hetero) is 1. The maximum absolute atomic E-state index is 14.3. The first-order valence-corrected chi connectivity index (χ1v) is 28.7. The van der Waals surface area contributed by atoms with Gasteiger partial charge in [-0.3, -0.25) is 28.0 Å². The molecule has 1 aromatic heterocycles. The smallest absolute Gasteiger partial charge is 0.462 e. The molecule has 0 spiro atoms. The van der Waals surface area contributed by atoms with Crippen molar-refractivity contribution in [2.45, 2.75) is 192 Å². The van der Waals surface area contributed by atoms with Gasteiger partial charge in [0.2, 0.25) is 0 Å². The molecule has 414 valence electrons. The predicted molar refractivity (Wildman–Crippen MR) is 271 cm³/mol. The highest BCUT2D eigenvalue weighted by Crippen LogP contribution is 2.60. The molecule has 1 aromatic rings. The number of rotatable bonds is 22. The van der Waals surface area contributed by atoms with Gasteiger partial charge in [-0.2, -0.15) is 9.29 Å². The molecule has 0 aliphatic carbocycles. The highest BCUT2D eigenvalue weighted by Gasteiger charge is 2.45. The van der Waals surface area contributed by atoms with E-state index in [2.05, 4.69) is 40.5 Å². The Morgan fingerprint density at radius 1 is 0.877 bits per heavy atom. The number of hydrogen-bond acceptors (Lipinski definition) is 18. The lowest BCUT2D eigenvalue weighted by Gasteiger charge is -2.38. The number of fused-ring (bicyclic) bond motifs is 3. The van der Waals surface area contributed by atoms with Crippen molar-refractivity contribution in [3.05, 3.63) is 71.4 Å². The topological polar surface area (TPSA) is 323 Å². The van der Waals surface area contributed by atoms with Crippen LogP contribution in [0.3, 0.4) is 0 Å². The fourth-order valence-corrected chi connectivity index (χ4v) is 10.2. The number of ether oxygens (including phenoxy) is 3. The van der Waals surface area contributed by atoms with Crippen molar-refractivity contribution >= 4 is 39.2 Å². The van der Waals surface area contributed by atoms with Gasteiger partial charge in [-0.15, -0.1) is 0 Å². The van der Waals surface area contributed by atoms with Crippen LogP contribution in [-0.2, 0) is 51.1 Å². The van der Waals surface area contributed by atoms with E-state index in [1.165, 1.54) is 37.5 Å². The minimum absolute atomic E-state index is 0.0220. The number of aliphatic hydroxyl groups excluding tert-OH is 4. The summed E-state index contributed by atoms with van der Waals surface area (Å²) in [4.78, 5) is 78.4. The van der Waals surface area contributed by atoms with Gasteiger partial charge < -0.3 is 50.2 Å². The lowest BCUT2D eigenvalue weighted by Crippen LogP contribution is -2.51. The van der Waals surface area contributed by atoms with Crippen molar-refractivity contribution < 1.29 is 81.3 Å². The third-order valence-electron chi connectivity index (χ3n) is 12.2. The van der Waals surface area contributed by atoms with E-state index >= 15 is 0 Å². The number of hydrogen-bond donors (Lipinski definition) is 7. The van der Waals surface area contributed by atoms with E-state index in [0.717, 1.165) is 68.6 Å². The van der Waals surface area contributed by atoms with E-state index in [0.29, 0.717) is 19.3 Å². The second-order valence-electron chi connectivity index (χ2n) is 18.4. The molecule has 2 aliphatic heterocycles. The number of allylic oxidation sites excluding steroid dienone is 6. The van der Waals surface area contributed by atoms with Gasteiger partial charge in [-0.1, -0.05) is 114 Å². The van der Waals surface area contributed by atoms with Crippen LogP contribution in [-0.4, -0.2) is 114 Å². The fourth-order valence-electron chi connectivity index (χ4n) is 8.09. The highest BCUT2D eigenvalue weighted by molar-refractivity contribution is 7.61. The van der Waals surface area contributed by atoms with E-state index in [4.69, 9.17) is 29.0 Å². The third kappa shape index (κ3) is 25.6. The monoisotopic (exact) mass is 1070 g/mol. The summed E-state index contributed by atoms with van der Waals surface area (Å²) in [7, 11) is -11.3. The molecule has 2 unspecified atom stereocenters. The van der Waals surface area contributed by atoms with Gasteiger partial charge in [0.15, 0.2) is 6.10 Å². The van der Waals surface area contributed by atoms with Gasteiger partial charge >= 0.3 is 33.3 Å². The number of esters is 2. The Kier molecular flexibility index (Phi) is 30.3. The van der Waals surface area contributed by atoms with Crippen LogP contribution in [0.4, 0.5) is 5.82 Å². The number of aromatic nitrogens is 2. The summed E-state index contributed by atoms with van der Waals surface area (Å²) in [5.41, 5.74) is 4.72. The van der Waals surface area contributed by atoms with E-state index in [1.54, 1.807) is 12.2 Å². The van der Waals surface area contributed by atoms with E-state index in [1.807, 2.05) is 6.92 Å². The average molecular weight is 1070 g/mol. The molecular weight excluding hydrogens is 993 g/mol. The first-order chi connectivity index (χ1) is 34.9. The summed E-state index contributed by atoms with van der Waals surface area (Å²) < 4.78 is 58.8. The first kappa shape index (κ1) is 63.6. The Labute approximate surface area is 429 Å². The molecular formula is C50H81N3O18P2. The fraction of sp³-hybridized carbons (Fsp3) is 0.700. The molecule has 2 bridgehead atoms. The second-order valence-corrected chi connectivity index (χ2v) is 21.5. The minimum atomic E-state index is -5.73. The normalized spacial score (nSPS) is 29.8. The van der Waals surface area contributed by atoms with Crippen LogP contribution in [0.5, 0.6) is 0 Å². The molecule has 3 rings (SSSR count). The van der Waals surface area contributed by atoms with Crippen LogP contribution >= 0.6 is 15.6 Å². The molecule has 0 aromatic carbocycles. The van der Waals surface area contributed by atoms with Gasteiger partial charge in [0, 0.05) is 31.4 Å². The minimum Gasteiger partial charge on any atom is -0.462 e. The van der Waals surface area contributed by atoms with Gasteiger partial charge in [-0.25, -0.2) is 13.9 Å². The summed E-state index contributed by atoms with van der Waals surface area (Å²) >= 11 is 0. The van der Waals surface area contributed by atoms with Gasteiger partial charge in [-0.05, 0) is 70.3 Å². The van der Waals surface area contributed by atoms with Crippen molar-refractivity contribution in [1.29, 1.82) is 0 Å². The molecule has 1 fully saturated rings. The number of unbranched alkanes of at least 4 members (excludes halogenated alkanes) is 10. The number of nitrogen functional groups attached to an aromatic ring is 1. The van der Waals surface area contributed by atoms with Gasteiger partial charge in [0.25, 0.3) is 0 Å². The molecule has 0 radical (unpaired) electrons. The van der Waals surface area contributed by atoms with E-state index < -0.39 is 120 Å². The third-order valence-corrected chi connectivity index (χ3v) is 14.8. The van der Waals surface area contributed by atoms with Crippen molar-refractivity contribution in [2.24, 2.45) is 11.8 Å². The van der Waals surface area contributed by atoms with Crippen LogP contribution in [0.2, 0.25) is 0 Å². The molecule has 2 aliphatic rings. The van der Waals surface area contributed by atoms with Crippen molar-refractivity contribution in [1.82, 2.24) is 9.55 Å². The quantitative estimate of drug-likeness (QED) is 0.0262. The number of phosphoric acid groups is 2. The van der Waals surface area contributed by atoms with Crippen molar-refractivity contribution in [3.63, 3.8) is 0 Å². The standard InChI is InChI=1S/C50H81N3O18P2/c1-3-5-7-8-9-10-11-12-13-14-15-16-17-18-24-28-46(58)69-38-34-66-45(57)27-23-20-19-22-26-40-42(56)33-41(55)39(30-29-37(54)25-21-6-4-2)47(59)48(60)43(36-68-73(64,65)71-72(62,63)67-35-38)70-49(40)53-32-31-44(51)52-50(53)61/h9-10,12-13,19,22,29-32,37-41,43,47-49,54-55,59-60H,3-8,11,14-18,20-21,23-28,33-36H2,1-2H3,(H,62,63)(H,64,65)(H2,51,52,61)/b10-9-,13-12-,22-19-,30-29+/t37-,38+,39-,40-,41+,43+,47-,48+,49+/m0/s1. The number of cyclic esters (lactones) is 1. The van der Waals surface area contributed by atoms with E-state index in [9.17, 15) is 58.5 Å². The first-order valence-electron chi connectivity index (χ1n) is 25.8. The van der Waals surface area contributed by atoms with Crippen LogP contribution in [0, 0.1) is 11.8 Å². The maximum Gasteiger partial charge on any atom is 0.481 e. The Morgan fingerprint density at radius 2 is 1.53 bits per heavy atom. The Bertz CT molecular complexity index is 2080. The number of carbonyl (C=O) groups excluding carboxylic acids is 3. The largest absolute Gasteiger partial charge is 0.481 e. The number of ketones is 1. The summed E-state index contributed by atoms with van der Waals surface area (Å²) in [5.74, 6) is -5.18. The lowest BCUT2D eigenvalue weighted by atomic mass is 9.83. The van der Waals surface area contributed by atoms with Crippen molar-refractivity contribution in [3.8, 4) is 0 Å². The lowest BCUT2D eigenvalue weighted by molar-refractivity contribution is -0.183. The molecule has 8 N–H and O–H groups in total. The Balaban J connectivity index is 1.82. The molecule has 23 heteroatoms. The molecule has 73 heavy (non-hydrogen) atoms. The Hall–Kier alpha value is -3.69. The van der Waals surface area contributed by atoms with E-state index in [-0.39, 0.29) is 37.9 Å². The number of nitrogens with zero attached hydrogens (tertiary/aromatic N) is 2. The SMILES string of the molecule is CCCCC/C=C\C/C=C\CCCCCCCC(=O)O[C@@H]1COC(=O)CCC/C=C\C[C@H]2C(=O)C[C@@H](O)[C@H](/C=C/[C@@H](O)CCCCC)[C@H](O)[C@H](O)[C@@H](COP(=O)(O)OP(=O)(O)OC1)O[C@H]2n1ccc(N)nc1=O. The average Bonchev–Trinajstić information content (AvgIpc) is 3.33. The second kappa shape index (κ2) is 34.8. The Morgan fingerprint density at radius 3 is 2.23 bits per heavy atom. The van der Waals surface area contributed by atoms with Gasteiger partial charge in [0.05, 0.1) is 37.4 Å². The number of nitrogens with two attached hydrogens (primary N) is 1. The zero-order valence-electron chi connectivity index (χ0n) is 42.4. The summed E-state index contributed by atoms with van der Waals surface area (Å²) in [5, 5.41) is 45.5. The van der Waals surface area contributed by atoms with Crippen LogP contribution in [0.1, 0.15) is 155 Å². The molecule has 3 heterocycles. The molecule has 0 saturated carbocycles. The summed E-state index contributed by atoms with van der Waals surface area (Å²) in [6.45, 7) is 1.38. The molecule has 11 atom stereocenters. The summed E-state index contributed by atoms with van der Waals surface area (Å²) in [6, 6.07) is 1.21. The number of anilines is 1. The van der Waals surface area contributed by atoms with Crippen LogP contribution < -0.4 is 11.4 Å². The zero-order chi connectivity index (χ0) is 53.7. The van der Waals surface area contributed by atoms with Gasteiger partial charge in [0.1, 0.15) is 36.6 Å². The predicted octanol–water partition coefficient (Wildman–Crippen LogP) is 7.14. The summed E-state index contributed by atoms with van der Waals surface area (Å²) in [6.07, 6.45) is 16.4. The molecule has 1 saturated heterocycles. The van der Waals surface area contributed by atoms with Crippen LogP contribution in [0.15, 0.2) is 65.7 Å². The van der Waals surface area contributed by atoms with Crippen LogP contribution in [0.25, 0.3) is 0 Å². The van der Waals surface area contributed by atoms with Crippen molar-refractivity contribution in [2.75, 3.05) is 25.6 Å². The molecule has 21 nitrogen and oxygen atoms in total. The maximum atomic E-state index is 14.3. The highest BCUT2D eigenvalue weighted by atomic mass is 31.3. The number of phosphoric ester groups is 2. The molecule has 0 amide bonds. The zero-order valence-corrected chi connectivity index (χ0v) is 44.2. The number of aliphatic hydroxyl groups is 4.